The summed E-state index contributed by atoms with van der Waals surface area (Å²) in [6, 6.07) is 53.3. The van der Waals surface area contributed by atoms with Crippen molar-refractivity contribution in [2.24, 2.45) is 0 Å². The molecule has 14 rings (SSSR count). The van der Waals surface area contributed by atoms with Crippen LogP contribution in [0.2, 0.25) is 0 Å². The highest BCUT2D eigenvalue weighted by atomic mass is 32.2. The summed E-state index contributed by atoms with van der Waals surface area (Å²) in [6.07, 6.45) is 5.01. The Balaban J connectivity index is 0.000000166. The first-order valence-electron chi connectivity index (χ1n) is 39.1. The van der Waals surface area contributed by atoms with E-state index in [1.165, 1.54) is 43.6 Å². The molecule has 6 aromatic carbocycles. The summed E-state index contributed by atoms with van der Waals surface area (Å²) in [5.74, 6) is -3.51. The number of aromatic hydroxyl groups is 1. The van der Waals surface area contributed by atoms with Gasteiger partial charge in [0, 0.05) is 33.4 Å². The Morgan fingerprint density at radius 3 is 1.18 bits per heavy atom. The molecule has 0 amide bonds. The number of fused-ring (bicyclic) bond motifs is 4. The maximum atomic E-state index is 13.6. The lowest BCUT2D eigenvalue weighted by atomic mass is 10.1. The van der Waals surface area contributed by atoms with Crippen LogP contribution in [0.5, 0.6) is 23.0 Å². The number of rotatable bonds is 32. The normalized spacial score (nSPS) is 11.1. The number of anilines is 2. The average Bonchev–Trinajstić information content (AvgIpc) is 0.780. The minimum atomic E-state index is -6.27. The molecular formula is C88H85F3N14O22S. The van der Waals surface area contributed by atoms with E-state index in [1.54, 1.807) is 72.2 Å². The fourth-order valence-corrected chi connectivity index (χ4v) is 12.9. The molecule has 0 aliphatic rings. The Morgan fingerprint density at radius 1 is 0.414 bits per heavy atom. The third-order valence-corrected chi connectivity index (χ3v) is 19.3. The number of nitrogens with one attached hydrogen (secondary N) is 2. The van der Waals surface area contributed by atoms with E-state index in [-0.39, 0.29) is 106 Å². The second-order valence-electron chi connectivity index (χ2n) is 27.1. The van der Waals surface area contributed by atoms with Crippen molar-refractivity contribution < 1.29 is 97.8 Å². The third-order valence-electron chi connectivity index (χ3n) is 18.4. The topological polar surface area (TPSA) is 432 Å². The lowest BCUT2D eigenvalue weighted by Gasteiger charge is -2.19. The number of esters is 3. The van der Waals surface area contributed by atoms with Crippen LogP contribution in [0.3, 0.4) is 0 Å². The van der Waals surface area contributed by atoms with E-state index in [2.05, 4.69) is 54.7 Å². The quantitative estimate of drug-likeness (QED) is 0.0116. The van der Waals surface area contributed by atoms with Gasteiger partial charge in [0.1, 0.15) is 69.0 Å². The second kappa shape index (κ2) is 43.7. The number of aromatic nitrogens is 12. The van der Waals surface area contributed by atoms with Crippen molar-refractivity contribution >= 4 is 83.5 Å². The van der Waals surface area contributed by atoms with Gasteiger partial charge in [-0.1, -0.05) is 146 Å². The standard InChI is InChI=1S/C27H28N4O6.C24H24N4O4.C19H16F3N3O7S.C18H17N3O5/c1-4-35-27(33)23-24(28-14-20-11-8-12-21(13-20)36-17-34-3)22-18(2)29-16-30-25(22)31(26(23)32)37-15-19-9-6-5-7-10-19;1-17-23-21(25-13-19-9-6-10-20(11-19)31-16-30-2)12-22(29)28(24(23)27-15-26-17)32-14-18-7-4-3-5-8-18;1-3-30-18(27)14-15(32-33(28,29)19(20,21)22)13-11(2)23-10-24-16(13)25(17(14)26)31-9-12-7-5-4-6-8-12;1-3-25-18(24)14-15(22)13-11(2)19-10-20-16(13)21(17(14)23)26-9-12-7-5-4-6-8-12/h5-13,16,28H,4,14-15,17H2,1-3H3;3-12,15,25H,13-14,16H2,1-2H3;4-8,10H,3,9H2,1-2H3;4-8,10,22H,3,9H2,1-2H3. The van der Waals surface area contributed by atoms with Crippen LogP contribution in [0.15, 0.2) is 220 Å². The van der Waals surface area contributed by atoms with E-state index in [4.69, 9.17) is 52.5 Å². The number of aryl methyl sites for hydroxylation is 4. The van der Waals surface area contributed by atoms with Gasteiger partial charge in [-0.2, -0.15) is 21.6 Å². The highest BCUT2D eigenvalue weighted by Crippen LogP contribution is 2.36. The smallest absolute Gasteiger partial charge is 0.506 e. The summed E-state index contributed by atoms with van der Waals surface area (Å²) < 4.78 is 106. The molecule has 128 heavy (non-hydrogen) atoms. The number of carbonyl (C=O) groups is 3. The predicted molar refractivity (Wildman–Crippen MR) is 459 cm³/mol. The molecule has 0 bridgehead atoms. The number of nitrogens with zero attached hydrogens (tertiary/aromatic N) is 12. The predicted octanol–water partition coefficient (Wildman–Crippen LogP) is 10.6. The molecule has 0 saturated heterocycles. The van der Waals surface area contributed by atoms with Crippen LogP contribution < -0.4 is 65.9 Å². The first kappa shape index (κ1) is 93.3. The molecule has 40 heteroatoms. The number of benzene rings is 6. The van der Waals surface area contributed by atoms with Gasteiger partial charge in [-0.15, -0.1) is 18.9 Å². The number of carbonyl (C=O) groups excluding carboxylic acids is 3. The van der Waals surface area contributed by atoms with Crippen molar-refractivity contribution in [1.29, 1.82) is 0 Å². The zero-order valence-electron chi connectivity index (χ0n) is 70.3. The molecule has 36 nitrogen and oxygen atoms in total. The Kier molecular flexibility index (Phi) is 31.9. The second-order valence-corrected chi connectivity index (χ2v) is 28.6. The van der Waals surface area contributed by atoms with E-state index < -0.39 is 83.9 Å². The average molecular weight is 1780 g/mol. The number of pyridine rings is 4. The maximum absolute atomic E-state index is 13.6. The van der Waals surface area contributed by atoms with Crippen molar-refractivity contribution in [2.45, 2.75) is 93.5 Å². The van der Waals surface area contributed by atoms with Gasteiger partial charge in [0.05, 0.1) is 75.5 Å². The van der Waals surface area contributed by atoms with Crippen LogP contribution in [0.1, 0.15) is 108 Å². The van der Waals surface area contributed by atoms with Gasteiger partial charge in [0.25, 0.3) is 5.56 Å². The molecule has 0 spiro atoms. The highest BCUT2D eigenvalue weighted by Gasteiger charge is 2.50. The van der Waals surface area contributed by atoms with E-state index >= 15 is 0 Å². The van der Waals surface area contributed by atoms with Gasteiger partial charge in [0.2, 0.25) is 0 Å². The van der Waals surface area contributed by atoms with Crippen LogP contribution in [0, 0.1) is 27.7 Å². The van der Waals surface area contributed by atoms with Gasteiger partial charge in [-0.25, -0.2) is 54.3 Å². The maximum Gasteiger partial charge on any atom is 0.534 e. The van der Waals surface area contributed by atoms with E-state index in [9.17, 15) is 60.3 Å². The molecule has 0 fully saturated rings. The molecule has 14 aromatic rings. The number of hydrogen-bond donors (Lipinski definition) is 3. The van der Waals surface area contributed by atoms with E-state index in [1.807, 2.05) is 146 Å². The van der Waals surface area contributed by atoms with Crippen LogP contribution in [-0.4, -0.2) is 143 Å². The van der Waals surface area contributed by atoms with Crippen LogP contribution >= 0.6 is 0 Å². The lowest BCUT2D eigenvalue weighted by Crippen LogP contribution is -2.35. The number of halogens is 3. The third kappa shape index (κ3) is 22.7. The molecule has 0 aliphatic heterocycles. The largest absolute Gasteiger partial charge is 0.534 e. The molecule has 0 atom stereocenters. The van der Waals surface area contributed by atoms with Gasteiger partial charge < -0.3 is 72.4 Å². The molecule has 0 saturated carbocycles. The van der Waals surface area contributed by atoms with Crippen molar-refractivity contribution in [3.63, 3.8) is 0 Å². The SMILES string of the molecule is CCOC(=O)c1c(NCc2cccc(OCOC)c2)c2c(C)ncnc2n(OCc2ccccc2)c1=O.CCOC(=O)c1c(O)c2c(C)ncnc2n(OCc2ccccc2)c1=O.CCOC(=O)c1c(OS(=O)(=O)C(F)(F)F)c2c(C)ncnc2n(OCc2ccccc2)c1=O.COCOc1cccc(CNc2cc(=O)n(OCc3ccccc3)c3ncnc(C)c23)c1. The van der Waals surface area contributed by atoms with Gasteiger partial charge >= 0.3 is 50.2 Å². The first-order valence-corrected chi connectivity index (χ1v) is 40.5. The molecule has 0 radical (unpaired) electrons. The number of methoxy groups -OCH3 is 2. The fraction of sp³-hybridized carbons (Fsp3) is 0.239. The lowest BCUT2D eigenvalue weighted by molar-refractivity contribution is -0.0500. The monoisotopic (exact) mass is 1780 g/mol. The van der Waals surface area contributed by atoms with Crippen LogP contribution in [-0.2, 0) is 73.3 Å². The van der Waals surface area contributed by atoms with Crippen molar-refractivity contribution in [1.82, 2.24) is 58.8 Å². The summed E-state index contributed by atoms with van der Waals surface area (Å²) in [5.41, 5.74) is -2.89. The Bertz CT molecular complexity index is 6660. The highest BCUT2D eigenvalue weighted by molar-refractivity contribution is 7.88. The summed E-state index contributed by atoms with van der Waals surface area (Å²) in [4.78, 5) is 146. The summed E-state index contributed by atoms with van der Waals surface area (Å²) in [6.45, 7) is 12.4. The summed E-state index contributed by atoms with van der Waals surface area (Å²) in [5, 5.41) is 17.9. The number of hydrogen-bond acceptors (Lipinski definition) is 32. The van der Waals surface area contributed by atoms with Crippen molar-refractivity contribution in [3.05, 3.63) is 315 Å². The fourth-order valence-electron chi connectivity index (χ4n) is 12.4. The van der Waals surface area contributed by atoms with Crippen molar-refractivity contribution in [2.75, 3.05) is 58.3 Å². The van der Waals surface area contributed by atoms with Crippen molar-refractivity contribution in [3.8, 4) is 23.0 Å². The number of ether oxygens (including phenoxy) is 7. The van der Waals surface area contributed by atoms with Crippen LogP contribution in [0.4, 0.5) is 24.5 Å². The zero-order valence-corrected chi connectivity index (χ0v) is 71.1. The Hall–Kier alpha value is -15.5. The Labute approximate surface area is 726 Å². The number of alkyl halides is 3. The molecule has 0 aliphatic carbocycles. The van der Waals surface area contributed by atoms with E-state index in [0.717, 1.165) is 54.7 Å². The van der Waals surface area contributed by atoms with E-state index in [0.29, 0.717) is 56.4 Å². The minimum absolute atomic E-state index is 0.0604. The molecule has 8 aromatic heterocycles. The zero-order chi connectivity index (χ0) is 91.6. The molecule has 3 N–H and O–H groups in total. The molecular weight excluding hydrogens is 1690 g/mol. The summed E-state index contributed by atoms with van der Waals surface area (Å²) in [7, 11) is -3.15. The summed E-state index contributed by atoms with van der Waals surface area (Å²) >= 11 is 0. The first-order chi connectivity index (χ1) is 61.7. The Morgan fingerprint density at radius 2 is 0.758 bits per heavy atom. The van der Waals surface area contributed by atoms with Crippen LogP contribution in [0.25, 0.3) is 44.1 Å². The molecule has 666 valence electrons. The minimum Gasteiger partial charge on any atom is -0.506 e. The van der Waals surface area contributed by atoms with Gasteiger partial charge in [-0.3, -0.25) is 19.2 Å². The molecule has 8 heterocycles. The van der Waals surface area contributed by atoms with Gasteiger partial charge in [-0.05, 0) is 106 Å². The van der Waals surface area contributed by atoms with Gasteiger partial charge in [0.15, 0.2) is 58.6 Å². The molecule has 0 unspecified atom stereocenters.